The highest BCUT2D eigenvalue weighted by Crippen LogP contribution is 2.32. The van der Waals surface area contributed by atoms with Gasteiger partial charge in [-0.1, -0.05) is 0 Å². The van der Waals surface area contributed by atoms with Crippen LogP contribution in [0.25, 0.3) is 9.88 Å². The van der Waals surface area contributed by atoms with Crippen molar-refractivity contribution in [3.63, 3.8) is 0 Å². The van der Waals surface area contributed by atoms with E-state index in [1.165, 1.54) is 0 Å². The standard InChI is InChI=1S/C14H16BrN3OS2.2ClH/c15-10-3-12(20-7-10)14-17-11(8-21-14)4-13(19)18-2-1-9(5-16)6-18;;/h3,7-9H,1-2,4-6,16H2;2*1H. The van der Waals surface area contributed by atoms with Gasteiger partial charge in [-0.25, -0.2) is 4.98 Å². The van der Waals surface area contributed by atoms with Crippen molar-refractivity contribution in [1.29, 1.82) is 0 Å². The molecule has 1 aliphatic rings. The first-order valence-corrected chi connectivity index (χ1v) is 9.37. The van der Waals surface area contributed by atoms with Gasteiger partial charge in [0.1, 0.15) is 5.01 Å². The summed E-state index contributed by atoms with van der Waals surface area (Å²) in [7, 11) is 0. The van der Waals surface area contributed by atoms with E-state index < -0.39 is 0 Å². The molecule has 0 bridgehead atoms. The van der Waals surface area contributed by atoms with Crippen LogP contribution in [0.4, 0.5) is 0 Å². The van der Waals surface area contributed by atoms with Crippen LogP contribution in [0.5, 0.6) is 0 Å². The van der Waals surface area contributed by atoms with E-state index in [0.29, 0.717) is 18.9 Å². The zero-order chi connectivity index (χ0) is 14.8. The maximum atomic E-state index is 12.3. The molecule has 2 aromatic heterocycles. The van der Waals surface area contributed by atoms with Gasteiger partial charge in [-0.05, 0) is 40.9 Å². The van der Waals surface area contributed by atoms with Crippen LogP contribution < -0.4 is 5.73 Å². The van der Waals surface area contributed by atoms with Crippen LogP contribution in [-0.2, 0) is 11.2 Å². The van der Waals surface area contributed by atoms with Crippen molar-refractivity contribution in [2.45, 2.75) is 12.8 Å². The molecule has 0 aliphatic carbocycles. The zero-order valence-corrected chi connectivity index (χ0v) is 17.1. The monoisotopic (exact) mass is 457 g/mol. The van der Waals surface area contributed by atoms with Crippen molar-refractivity contribution in [3.05, 3.63) is 27.0 Å². The number of aromatic nitrogens is 1. The summed E-state index contributed by atoms with van der Waals surface area (Å²) < 4.78 is 1.07. The second kappa shape index (κ2) is 9.34. The van der Waals surface area contributed by atoms with E-state index in [4.69, 9.17) is 5.73 Å². The second-order valence-corrected chi connectivity index (χ2v) is 7.87. The Morgan fingerprint density at radius 3 is 2.78 bits per heavy atom. The number of carbonyl (C=O) groups excluding carboxylic acids is 1. The fraction of sp³-hybridized carbons (Fsp3) is 0.429. The van der Waals surface area contributed by atoms with Gasteiger partial charge in [0, 0.05) is 28.3 Å². The number of carbonyl (C=O) groups is 1. The maximum absolute atomic E-state index is 12.3. The summed E-state index contributed by atoms with van der Waals surface area (Å²) in [5, 5.41) is 5.01. The number of thiazole rings is 1. The number of halogens is 3. The number of hydrogen-bond donors (Lipinski definition) is 1. The molecule has 1 amide bonds. The van der Waals surface area contributed by atoms with Gasteiger partial charge in [-0.2, -0.15) is 0 Å². The lowest BCUT2D eigenvalue weighted by atomic mass is 10.1. The van der Waals surface area contributed by atoms with E-state index in [2.05, 4.69) is 27.0 Å². The normalized spacial score (nSPS) is 16.8. The quantitative estimate of drug-likeness (QED) is 0.757. The highest BCUT2D eigenvalue weighted by atomic mass is 79.9. The zero-order valence-electron chi connectivity index (χ0n) is 12.2. The molecule has 0 radical (unpaired) electrons. The minimum absolute atomic E-state index is 0. The average molecular weight is 459 g/mol. The minimum Gasteiger partial charge on any atom is -0.342 e. The van der Waals surface area contributed by atoms with Gasteiger partial charge in [0.2, 0.25) is 5.91 Å². The summed E-state index contributed by atoms with van der Waals surface area (Å²) >= 11 is 6.70. The highest BCUT2D eigenvalue weighted by molar-refractivity contribution is 9.10. The van der Waals surface area contributed by atoms with Crippen LogP contribution in [0.3, 0.4) is 0 Å². The lowest BCUT2D eigenvalue weighted by Gasteiger charge is -2.15. The van der Waals surface area contributed by atoms with E-state index in [0.717, 1.165) is 39.6 Å². The number of hydrogen-bond acceptors (Lipinski definition) is 5. The summed E-state index contributed by atoms with van der Waals surface area (Å²) in [6.45, 7) is 2.29. The molecule has 4 nitrogen and oxygen atoms in total. The van der Waals surface area contributed by atoms with Crippen molar-refractivity contribution in [1.82, 2.24) is 9.88 Å². The third-order valence-corrected chi connectivity index (χ3v) is 6.39. The first-order valence-electron chi connectivity index (χ1n) is 6.82. The summed E-state index contributed by atoms with van der Waals surface area (Å²) in [6, 6.07) is 2.06. The summed E-state index contributed by atoms with van der Waals surface area (Å²) in [5.74, 6) is 0.624. The molecule has 9 heteroatoms. The Morgan fingerprint density at radius 1 is 1.39 bits per heavy atom. The number of nitrogens with two attached hydrogens (primary N) is 1. The Balaban J connectivity index is 0.00000132. The Hall–Kier alpha value is -0.180. The molecule has 1 unspecified atom stereocenters. The molecular formula is C14H18BrCl2N3OS2. The number of amides is 1. The summed E-state index contributed by atoms with van der Waals surface area (Å²) in [6.07, 6.45) is 1.41. The molecule has 1 aliphatic heterocycles. The highest BCUT2D eigenvalue weighted by Gasteiger charge is 2.25. The van der Waals surface area contributed by atoms with Crippen molar-refractivity contribution in [2.24, 2.45) is 11.7 Å². The maximum Gasteiger partial charge on any atom is 0.228 e. The van der Waals surface area contributed by atoms with Gasteiger partial charge in [-0.15, -0.1) is 47.5 Å². The van der Waals surface area contributed by atoms with E-state index in [1.807, 2.05) is 15.7 Å². The van der Waals surface area contributed by atoms with E-state index in [1.54, 1.807) is 22.7 Å². The predicted molar refractivity (Wildman–Crippen MR) is 105 cm³/mol. The van der Waals surface area contributed by atoms with Crippen LogP contribution >= 0.6 is 63.4 Å². The number of rotatable bonds is 4. The Bertz CT molecular complexity index is 650. The molecule has 3 rings (SSSR count). The van der Waals surface area contributed by atoms with Gasteiger partial charge >= 0.3 is 0 Å². The summed E-state index contributed by atoms with van der Waals surface area (Å²) in [4.78, 5) is 19.9. The van der Waals surface area contributed by atoms with Crippen LogP contribution in [0.15, 0.2) is 21.3 Å². The summed E-state index contributed by atoms with van der Waals surface area (Å²) in [5.41, 5.74) is 6.53. The molecule has 0 spiro atoms. The molecule has 0 aromatic carbocycles. The topological polar surface area (TPSA) is 59.2 Å². The lowest BCUT2D eigenvalue weighted by Crippen LogP contribution is -2.31. The molecule has 23 heavy (non-hydrogen) atoms. The van der Waals surface area contributed by atoms with E-state index in [-0.39, 0.29) is 30.7 Å². The number of thiophene rings is 1. The van der Waals surface area contributed by atoms with Crippen molar-refractivity contribution in [3.8, 4) is 9.88 Å². The van der Waals surface area contributed by atoms with Crippen LogP contribution in [0.1, 0.15) is 12.1 Å². The van der Waals surface area contributed by atoms with Gasteiger partial charge in [0.25, 0.3) is 0 Å². The molecule has 0 saturated carbocycles. The molecule has 2 aromatic rings. The Labute approximate surface area is 164 Å². The first kappa shape index (κ1) is 20.9. The molecule has 2 N–H and O–H groups in total. The van der Waals surface area contributed by atoms with Gasteiger partial charge in [0.15, 0.2) is 0 Å². The smallest absolute Gasteiger partial charge is 0.228 e. The molecule has 1 atom stereocenters. The van der Waals surface area contributed by atoms with Crippen molar-refractivity contribution in [2.75, 3.05) is 19.6 Å². The number of likely N-dealkylation sites (tertiary alicyclic amines) is 1. The van der Waals surface area contributed by atoms with Crippen LogP contribution in [-0.4, -0.2) is 35.4 Å². The second-order valence-electron chi connectivity index (χ2n) is 5.18. The SMILES string of the molecule is Cl.Cl.NCC1CCN(C(=O)Cc2csc(-c3cc(Br)cs3)n2)C1. The van der Waals surface area contributed by atoms with Gasteiger partial charge in [0.05, 0.1) is 17.0 Å². The minimum atomic E-state index is 0. The molecule has 1 saturated heterocycles. The molecular weight excluding hydrogens is 441 g/mol. The van der Waals surface area contributed by atoms with E-state index >= 15 is 0 Å². The van der Waals surface area contributed by atoms with Crippen molar-refractivity contribution < 1.29 is 4.79 Å². The first-order chi connectivity index (χ1) is 10.2. The van der Waals surface area contributed by atoms with Gasteiger partial charge in [-0.3, -0.25) is 4.79 Å². The fourth-order valence-electron chi connectivity index (χ4n) is 2.44. The van der Waals surface area contributed by atoms with E-state index in [9.17, 15) is 4.79 Å². The predicted octanol–water partition coefficient (Wildman–Crippen LogP) is 3.83. The largest absolute Gasteiger partial charge is 0.342 e. The molecule has 128 valence electrons. The molecule has 1 fully saturated rings. The third-order valence-electron chi connectivity index (χ3n) is 3.63. The average Bonchev–Trinajstić information content (AvgIpc) is 3.17. The van der Waals surface area contributed by atoms with Crippen molar-refractivity contribution >= 4 is 69.3 Å². The molecule has 3 heterocycles. The van der Waals surface area contributed by atoms with Gasteiger partial charge < -0.3 is 10.6 Å². The number of nitrogens with zero attached hydrogens (tertiary/aromatic N) is 2. The van der Waals surface area contributed by atoms with Crippen LogP contribution in [0, 0.1) is 5.92 Å². The third kappa shape index (κ3) is 5.14. The Morgan fingerprint density at radius 2 is 2.17 bits per heavy atom. The fourth-order valence-corrected chi connectivity index (χ4v) is 4.77. The lowest BCUT2D eigenvalue weighted by molar-refractivity contribution is -0.129. The van der Waals surface area contributed by atoms with Crippen LogP contribution in [0.2, 0.25) is 0 Å². The Kier molecular flexibility index (Phi) is 8.47.